The number of nitro groups is 1. The highest BCUT2D eigenvalue weighted by molar-refractivity contribution is 7.89. The van der Waals surface area contributed by atoms with Crippen molar-refractivity contribution in [3.8, 4) is 11.5 Å². The van der Waals surface area contributed by atoms with Crippen LogP contribution in [0.25, 0.3) is 0 Å². The van der Waals surface area contributed by atoms with Crippen molar-refractivity contribution >= 4 is 21.6 Å². The fraction of sp³-hybridized carbons (Fsp3) is 0.133. The van der Waals surface area contributed by atoms with Crippen molar-refractivity contribution in [3.63, 3.8) is 0 Å². The molecule has 0 saturated carbocycles. The molecular formula is C15H15N3O7S. The Bertz CT molecular complexity index is 907. The molecule has 4 N–H and O–H groups in total. The van der Waals surface area contributed by atoms with E-state index in [9.17, 15) is 33.5 Å². The van der Waals surface area contributed by atoms with Crippen LogP contribution in [0, 0.1) is 10.1 Å². The van der Waals surface area contributed by atoms with E-state index in [4.69, 9.17) is 0 Å². The Hall–Kier alpha value is -3.18. The van der Waals surface area contributed by atoms with Crippen LogP contribution in [0.2, 0.25) is 0 Å². The summed E-state index contributed by atoms with van der Waals surface area (Å²) in [5.41, 5.74) is -0.216. The van der Waals surface area contributed by atoms with Gasteiger partial charge in [0.2, 0.25) is 10.0 Å². The second-order valence-corrected chi connectivity index (χ2v) is 6.91. The zero-order chi connectivity index (χ0) is 19.3. The lowest BCUT2D eigenvalue weighted by Crippen LogP contribution is -2.34. The molecule has 26 heavy (non-hydrogen) atoms. The lowest BCUT2D eigenvalue weighted by Gasteiger charge is -2.08. The van der Waals surface area contributed by atoms with Crippen molar-refractivity contribution in [2.24, 2.45) is 0 Å². The highest BCUT2D eigenvalue weighted by atomic mass is 32.2. The van der Waals surface area contributed by atoms with Crippen LogP contribution < -0.4 is 10.0 Å². The molecule has 0 saturated heterocycles. The summed E-state index contributed by atoms with van der Waals surface area (Å²) >= 11 is 0. The molecule has 2 rings (SSSR count). The van der Waals surface area contributed by atoms with Crippen molar-refractivity contribution in [3.05, 3.63) is 58.1 Å². The highest BCUT2D eigenvalue weighted by Gasteiger charge is 2.15. The first kappa shape index (κ1) is 19.1. The van der Waals surface area contributed by atoms with Crippen LogP contribution in [0.5, 0.6) is 11.5 Å². The van der Waals surface area contributed by atoms with E-state index >= 15 is 0 Å². The van der Waals surface area contributed by atoms with Gasteiger partial charge in [-0.3, -0.25) is 14.9 Å². The number of amides is 1. The first-order valence-corrected chi connectivity index (χ1v) is 8.73. The lowest BCUT2D eigenvalue weighted by atomic mass is 10.2. The summed E-state index contributed by atoms with van der Waals surface area (Å²) in [6.45, 7) is -0.183. The van der Waals surface area contributed by atoms with Crippen LogP contribution in [-0.4, -0.2) is 42.6 Å². The number of benzene rings is 2. The molecule has 0 atom stereocenters. The topological polar surface area (TPSA) is 159 Å². The van der Waals surface area contributed by atoms with Crippen LogP contribution >= 0.6 is 0 Å². The summed E-state index contributed by atoms with van der Waals surface area (Å²) in [5.74, 6) is -1.17. The standard InChI is InChI=1S/C15H15N3O7S/c19-12-7-10(8-13(20)9-12)15(21)16-5-6-17-26(24,25)14-3-1-11(2-4-14)18(22)23/h1-4,7-9,17,19-20H,5-6H2,(H,16,21). The number of carbonyl (C=O) groups is 1. The maximum atomic E-state index is 12.1. The third kappa shape index (κ3) is 4.91. The fourth-order valence-electron chi connectivity index (χ4n) is 2.02. The summed E-state index contributed by atoms with van der Waals surface area (Å²) in [6.07, 6.45) is 0. The van der Waals surface area contributed by atoms with Gasteiger partial charge in [0.1, 0.15) is 11.5 Å². The van der Waals surface area contributed by atoms with Gasteiger partial charge in [0.15, 0.2) is 0 Å². The smallest absolute Gasteiger partial charge is 0.269 e. The summed E-state index contributed by atoms with van der Waals surface area (Å²) in [6, 6.07) is 7.72. The molecule has 0 bridgehead atoms. The molecule has 0 spiro atoms. The van der Waals surface area contributed by atoms with Crippen molar-refractivity contribution < 1.29 is 28.3 Å². The fourth-order valence-corrected chi connectivity index (χ4v) is 3.05. The second-order valence-electron chi connectivity index (χ2n) is 5.14. The molecule has 10 nitrogen and oxygen atoms in total. The van der Waals surface area contributed by atoms with Gasteiger partial charge in [0.25, 0.3) is 11.6 Å². The number of nitro benzene ring substituents is 1. The molecular weight excluding hydrogens is 366 g/mol. The number of phenols is 2. The van der Waals surface area contributed by atoms with Crippen LogP contribution in [0.1, 0.15) is 10.4 Å². The summed E-state index contributed by atoms with van der Waals surface area (Å²) < 4.78 is 26.4. The van der Waals surface area contributed by atoms with E-state index in [1.165, 1.54) is 0 Å². The monoisotopic (exact) mass is 381 g/mol. The molecule has 138 valence electrons. The van der Waals surface area contributed by atoms with E-state index < -0.39 is 20.9 Å². The molecule has 0 radical (unpaired) electrons. The van der Waals surface area contributed by atoms with Gasteiger partial charge in [0.05, 0.1) is 9.82 Å². The van der Waals surface area contributed by atoms with Gasteiger partial charge in [-0.05, 0) is 24.3 Å². The number of sulfonamides is 1. The average Bonchev–Trinajstić information content (AvgIpc) is 2.57. The molecule has 0 unspecified atom stereocenters. The Balaban J connectivity index is 1.90. The normalized spacial score (nSPS) is 11.1. The molecule has 2 aromatic rings. The molecule has 2 aromatic carbocycles. The first-order valence-electron chi connectivity index (χ1n) is 7.24. The SMILES string of the molecule is O=C(NCCNS(=O)(=O)c1ccc([N+](=O)[O-])cc1)c1cc(O)cc(O)c1. The van der Waals surface area contributed by atoms with Gasteiger partial charge in [-0.1, -0.05) is 0 Å². The van der Waals surface area contributed by atoms with E-state index in [1.807, 2.05) is 0 Å². The average molecular weight is 381 g/mol. The van der Waals surface area contributed by atoms with Crippen LogP contribution in [0.15, 0.2) is 47.4 Å². The summed E-state index contributed by atoms with van der Waals surface area (Å²) in [7, 11) is -3.88. The maximum absolute atomic E-state index is 12.1. The van der Waals surface area contributed by atoms with E-state index in [-0.39, 0.29) is 40.7 Å². The molecule has 11 heteroatoms. The van der Waals surface area contributed by atoms with E-state index in [2.05, 4.69) is 10.0 Å². The van der Waals surface area contributed by atoms with Gasteiger partial charge < -0.3 is 15.5 Å². The van der Waals surface area contributed by atoms with Crippen LogP contribution in [-0.2, 0) is 10.0 Å². The van der Waals surface area contributed by atoms with E-state index in [0.29, 0.717) is 0 Å². The molecule has 1 amide bonds. The van der Waals surface area contributed by atoms with Crippen molar-refractivity contribution in [2.45, 2.75) is 4.90 Å². The molecule has 0 aliphatic carbocycles. The number of rotatable bonds is 7. The summed E-state index contributed by atoms with van der Waals surface area (Å²) in [4.78, 5) is 21.6. The highest BCUT2D eigenvalue weighted by Crippen LogP contribution is 2.20. The Kier molecular flexibility index (Phi) is 5.75. The first-order chi connectivity index (χ1) is 12.2. The lowest BCUT2D eigenvalue weighted by molar-refractivity contribution is -0.384. The van der Waals surface area contributed by atoms with Crippen LogP contribution in [0.3, 0.4) is 0 Å². The van der Waals surface area contributed by atoms with Gasteiger partial charge >= 0.3 is 0 Å². The quantitative estimate of drug-likeness (QED) is 0.312. The third-order valence-electron chi connectivity index (χ3n) is 3.23. The van der Waals surface area contributed by atoms with Crippen molar-refractivity contribution in [2.75, 3.05) is 13.1 Å². The minimum absolute atomic E-state index is 0.0146. The molecule has 0 aromatic heterocycles. The van der Waals surface area contributed by atoms with Crippen LogP contribution in [0.4, 0.5) is 5.69 Å². The Morgan fingerprint density at radius 3 is 2.15 bits per heavy atom. The Morgan fingerprint density at radius 1 is 1.04 bits per heavy atom. The number of non-ortho nitro benzene ring substituents is 1. The second kappa shape index (κ2) is 7.80. The van der Waals surface area contributed by atoms with Gasteiger partial charge in [-0.25, -0.2) is 13.1 Å². The number of nitrogens with one attached hydrogen (secondary N) is 2. The van der Waals surface area contributed by atoms with Crippen molar-refractivity contribution in [1.29, 1.82) is 0 Å². The molecule has 0 fully saturated rings. The molecule has 0 aliphatic rings. The van der Waals surface area contributed by atoms with Gasteiger partial charge in [0, 0.05) is 36.9 Å². The van der Waals surface area contributed by atoms with Gasteiger partial charge in [-0.15, -0.1) is 0 Å². The number of phenolic OH excluding ortho intramolecular Hbond substituents is 2. The number of carbonyl (C=O) groups excluding carboxylic acids is 1. The Morgan fingerprint density at radius 2 is 1.62 bits per heavy atom. The van der Waals surface area contributed by atoms with Crippen molar-refractivity contribution in [1.82, 2.24) is 10.0 Å². The third-order valence-corrected chi connectivity index (χ3v) is 4.70. The predicted octanol–water partition coefficient (Wildman–Crippen LogP) is 0.714. The maximum Gasteiger partial charge on any atom is 0.269 e. The zero-order valence-electron chi connectivity index (χ0n) is 13.2. The minimum Gasteiger partial charge on any atom is -0.508 e. The zero-order valence-corrected chi connectivity index (χ0v) is 14.1. The van der Waals surface area contributed by atoms with E-state index in [1.54, 1.807) is 0 Å². The number of hydrogen-bond donors (Lipinski definition) is 4. The molecule has 0 heterocycles. The Labute approximate surface area is 148 Å². The minimum atomic E-state index is -3.88. The summed E-state index contributed by atoms with van der Waals surface area (Å²) in [5, 5.41) is 31.6. The predicted molar refractivity (Wildman–Crippen MR) is 90.4 cm³/mol. The van der Waals surface area contributed by atoms with E-state index in [0.717, 1.165) is 42.5 Å². The molecule has 0 aliphatic heterocycles. The largest absolute Gasteiger partial charge is 0.508 e. The van der Waals surface area contributed by atoms with Gasteiger partial charge in [-0.2, -0.15) is 0 Å². The number of nitrogens with zero attached hydrogens (tertiary/aromatic N) is 1. The number of hydrogen-bond acceptors (Lipinski definition) is 7. The number of aromatic hydroxyl groups is 2.